The molecule has 116 valence electrons. The molecule has 1 aromatic carbocycles. The molecule has 6 nitrogen and oxygen atoms in total. The third kappa shape index (κ3) is 3.20. The monoisotopic (exact) mass is 319 g/mol. The van der Waals surface area contributed by atoms with E-state index in [-0.39, 0.29) is 18.7 Å². The molecule has 7 heteroatoms. The number of hydrogen-bond acceptors (Lipinski definition) is 6. The van der Waals surface area contributed by atoms with Gasteiger partial charge in [0.05, 0.1) is 0 Å². The normalized spacial score (nSPS) is 13.9. The van der Waals surface area contributed by atoms with Crippen molar-refractivity contribution in [1.29, 1.82) is 0 Å². The highest BCUT2D eigenvalue weighted by Gasteiger charge is 2.16. The van der Waals surface area contributed by atoms with Crippen LogP contribution >= 0.6 is 11.3 Å². The van der Waals surface area contributed by atoms with Crippen molar-refractivity contribution in [2.45, 2.75) is 19.4 Å². The molecule has 1 atom stereocenters. The number of hydrogen-bond donors (Lipinski definition) is 2. The molecule has 2 heterocycles. The first-order valence-corrected chi connectivity index (χ1v) is 7.91. The number of fused-ring (bicyclic) bond motifs is 1. The van der Waals surface area contributed by atoms with Crippen molar-refractivity contribution < 1.29 is 14.3 Å². The number of aromatic nitrogens is 1. The minimum atomic E-state index is -0.177. The van der Waals surface area contributed by atoms with Crippen molar-refractivity contribution >= 4 is 17.2 Å². The molecule has 0 saturated carbocycles. The lowest BCUT2D eigenvalue weighted by atomic mass is 10.2. The van der Waals surface area contributed by atoms with Crippen LogP contribution in [-0.4, -0.2) is 30.3 Å². The maximum Gasteiger partial charge on any atom is 0.270 e. The smallest absolute Gasteiger partial charge is 0.270 e. The number of nitrogens with one attached hydrogen (secondary N) is 1. The van der Waals surface area contributed by atoms with Crippen molar-refractivity contribution in [1.82, 2.24) is 10.3 Å². The van der Waals surface area contributed by atoms with E-state index in [9.17, 15) is 4.79 Å². The number of ether oxygens (including phenoxy) is 2. The largest absolute Gasteiger partial charge is 0.454 e. The van der Waals surface area contributed by atoms with E-state index < -0.39 is 0 Å². The van der Waals surface area contributed by atoms with Gasteiger partial charge in [-0.15, -0.1) is 11.3 Å². The molecule has 1 aliphatic rings. The first kappa shape index (κ1) is 14.8. The van der Waals surface area contributed by atoms with Gasteiger partial charge < -0.3 is 20.5 Å². The summed E-state index contributed by atoms with van der Waals surface area (Å²) in [6.45, 7) is 2.70. The molecule has 0 saturated heterocycles. The van der Waals surface area contributed by atoms with Crippen LogP contribution in [0.25, 0.3) is 10.6 Å². The molecule has 3 N–H and O–H groups in total. The topological polar surface area (TPSA) is 86.5 Å². The maximum atomic E-state index is 12.0. The van der Waals surface area contributed by atoms with Crippen LogP contribution in [0.1, 0.15) is 23.8 Å². The average molecular weight is 319 g/mol. The van der Waals surface area contributed by atoms with Crippen molar-refractivity contribution in [3.63, 3.8) is 0 Å². The second-order valence-corrected chi connectivity index (χ2v) is 5.99. The zero-order valence-corrected chi connectivity index (χ0v) is 13.0. The minimum absolute atomic E-state index is 0.0694. The Morgan fingerprint density at radius 1 is 1.45 bits per heavy atom. The molecule has 0 aliphatic carbocycles. The van der Waals surface area contributed by atoms with Gasteiger partial charge in [0, 0.05) is 23.5 Å². The first-order valence-electron chi connectivity index (χ1n) is 7.03. The Hall–Kier alpha value is -2.12. The van der Waals surface area contributed by atoms with E-state index in [2.05, 4.69) is 10.3 Å². The lowest BCUT2D eigenvalue weighted by Gasteiger charge is -2.05. The number of thiazole rings is 1. The molecule has 1 aliphatic heterocycles. The number of nitrogens with two attached hydrogens (primary N) is 1. The van der Waals surface area contributed by atoms with E-state index >= 15 is 0 Å². The lowest BCUT2D eigenvalue weighted by molar-refractivity contribution is 0.0948. The van der Waals surface area contributed by atoms with Crippen LogP contribution in [0.4, 0.5) is 0 Å². The van der Waals surface area contributed by atoms with Gasteiger partial charge >= 0.3 is 0 Å². The predicted molar refractivity (Wildman–Crippen MR) is 84.3 cm³/mol. The maximum absolute atomic E-state index is 12.0. The Bertz CT molecular complexity index is 684. The first-order chi connectivity index (χ1) is 10.6. The van der Waals surface area contributed by atoms with Crippen molar-refractivity contribution in [2.75, 3.05) is 13.3 Å². The van der Waals surface area contributed by atoms with E-state index in [0.717, 1.165) is 22.7 Å². The summed E-state index contributed by atoms with van der Waals surface area (Å²) in [7, 11) is 0. The minimum Gasteiger partial charge on any atom is -0.454 e. The van der Waals surface area contributed by atoms with Crippen LogP contribution in [-0.2, 0) is 0 Å². The SMILES string of the molecule is CC(N)CCNC(=O)c1csc(-c2ccc3c(c2)OCO3)n1. The number of nitrogens with zero attached hydrogens (tertiary/aromatic N) is 1. The highest BCUT2D eigenvalue weighted by atomic mass is 32.1. The molecule has 0 spiro atoms. The predicted octanol–water partition coefficient (Wildman–Crippen LogP) is 2.01. The van der Waals surface area contributed by atoms with Crippen LogP contribution in [0.15, 0.2) is 23.6 Å². The molecule has 2 aromatic rings. The van der Waals surface area contributed by atoms with Gasteiger partial charge in [-0.2, -0.15) is 0 Å². The standard InChI is InChI=1S/C15H17N3O3S/c1-9(16)4-5-17-14(19)11-7-22-15(18-11)10-2-3-12-13(6-10)21-8-20-12/h2-3,6-7,9H,4-5,8,16H2,1H3,(H,17,19). The molecule has 0 bridgehead atoms. The zero-order chi connectivity index (χ0) is 15.5. The average Bonchev–Trinajstić information content (AvgIpc) is 3.15. The summed E-state index contributed by atoms with van der Waals surface area (Å²) in [5, 5.41) is 5.34. The van der Waals surface area contributed by atoms with Gasteiger partial charge in [-0.3, -0.25) is 4.79 Å². The van der Waals surface area contributed by atoms with Gasteiger partial charge in [-0.1, -0.05) is 0 Å². The summed E-state index contributed by atoms with van der Waals surface area (Å²) >= 11 is 1.42. The number of carbonyl (C=O) groups is 1. The van der Waals surface area contributed by atoms with Gasteiger partial charge in [-0.05, 0) is 31.5 Å². The molecule has 1 unspecified atom stereocenters. The van der Waals surface area contributed by atoms with Crippen LogP contribution < -0.4 is 20.5 Å². The highest BCUT2D eigenvalue weighted by Crippen LogP contribution is 2.36. The fraction of sp³-hybridized carbons (Fsp3) is 0.333. The highest BCUT2D eigenvalue weighted by molar-refractivity contribution is 7.13. The summed E-state index contributed by atoms with van der Waals surface area (Å²) in [6.07, 6.45) is 0.741. The molecule has 3 rings (SSSR count). The zero-order valence-electron chi connectivity index (χ0n) is 12.2. The number of amides is 1. The van der Waals surface area contributed by atoms with Crippen molar-refractivity contribution in [2.24, 2.45) is 5.73 Å². The molecule has 22 heavy (non-hydrogen) atoms. The summed E-state index contributed by atoms with van der Waals surface area (Å²) in [4.78, 5) is 16.4. The van der Waals surface area contributed by atoms with E-state index in [1.54, 1.807) is 5.38 Å². The van der Waals surface area contributed by atoms with Crippen LogP contribution in [0.5, 0.6) is 11.5 Å². The fourth-order valence-corrected chi connectivity index (χ4v) is 2.84. The summed E-state index contributed by atoms with van der Waals surface area (Å²) in [5.74, 6) is 1.26. The quantitative estimate of drug-likeness (QED) is 0.880. The Morgan fingerprint density at radius 3 is 3.09 bits per heavy atom. The van der Waals surface area contributed by atoms with Crippen LogP contribution in [0, 0.1) is 0 Å². The van der Waals surface area contributed by atoms with Gasteiger partial charge in [0.25, 0.3) is 5.91 Å². The number of benzene rings is 1. The molecule has 0 fully saturated rings. The van der Waals surface area contributed by atoms with E-state index in [4.69, 9.17) is 15.2 Å². The summed E-state index contributed by atoms with van der Waals surface area (Å²) in [6, 6.07) is 5.70. The second-order valence-electron chi connectivity index (χ2n) is 5.13. The summed E-state index contributed by atoms with van der Waals surface area (Å²) < 4.78 is 10.6. The third-order valence-corrected chi connectivity index (χ3v) is 4.13. The Morgan fingerprint density at radius 2 is 2.27 bits per heavy atom. The van der Waals surface area contributed by atoms with Crippen molar-refractivity contribution in [3.8, 4) is 22.1 Å². The van der Waals surface area contributed by atoms with Crippen molar-refractivity contribution in [3.05, 3.63) is 29.3 Å². The molecule has 1 amide bonds. The molecule has 1 aromatic heterocycles. The van der Waals surface area contributed by atoms with Gasteiger partial charge in [0.15, 0.2) is 11.5 Å². The number of carbonyl (C=O) groups excluding carboxylic acids is 1. The number of rotatable bonds is 5. The fourth-order valence-electron chi connectivity index (χ4n) is 2.04. The van der Waals surface area contributed by atoms with Crippen LogP contribution in [0.2, 0.25) is 0 Å². The Kier molecular flexibility index (Phi) is 4.26. The van der Waals surface area contributed by atoms with E-state index in [0.29, 0.717) is 18.0 Å². The third-order valence-electron chi connectivity index (χ3n) is 3.24. The molecule has 0 radical (unpaired) electrons. The second kappa shape index (κ2) is 6.33. The Balaban J connectivity index is 1.69. The van der Waals surface area contributed by atoms with Gasteiger partial charge in [0.2, 0.25) is 6.79 Å². The van der Waals surface area contributed by atoms with Gasteiger partial charge in [-0.25, -0.2) is 4.98 Å². The summed E-state index contributed by atoms with van der Waals surface area (Å²) in [5.41, 5.74) is 6.98. The Labute approximate surface area is 132 Å². The van der Waals surface area contributed by atoms with E-state index in [1.807, 2.05) is 25.1 Å². The lowest BCUT2D eigenvalue weighted by Crippen LogP contribution is -2.29. The van der Waals surface area contributed by atoms with Gasteiger partial charge in [0.1, 0.15) is 10.7 Å². The molecular weight excluding hydrogens is 302 g/mol. The van der Waals surface area contributed by atoms with Crippen LogP contribution in [0.3, 0.4) is 0 Å². The van der Waals surface area contributed by atoms with E-state index in [1.165, 1.54) is 11.3 Å². The molecular formula is C15H17N3O3S.